The molecule has 11 heteroatoms. The number of nitrogens with zero attached hydrogens (tertiary/aromatic N) is 2. The summed E-state index contributed by atoms with van der Waals surface area (Å²) in [5.74, 6) is -1.62. The molecule has 1 unspecified atom stereocenters. The van der Waals surface area contributed by atoms with Crippen LogP contribution in [0.5, 0.6) is 5.88 Å². The minimum atomic E-state index is -0.829. The first-order valence-electron chi connectivity index (χ1n) is 14.4. The fourth-order valence-corrected chi connectivity index (χ4v) is 4.54. The number of pyridine rings is 1. The number of ketones is 1. The van der Waals surface area contributed by atoms with Gasteiger partial charge in [0, 0.05) is 29.6 Å². The lowest BCUT2D eigenvalue weighted by molar-refractivity contribution is -0.122. The van der Waals surface area contributed by atoms with E-state index in [4.69, 9.17) is 9.47 Å². The second kappa shape index (κ2) is 15.2. The van der Waals surface area contributed by atoms with E-state index in [9.17, 15) is 24.0 Å². The minimum Gasteiger partial charge on any atom is -0.473 e. The smallest absolute Gasteiger partial charge is 0.345 e. The number of amides is 1. The Morgan fingerprint density at radius 1 is 0.977 bits per heavy atom. The van der Waals surface area contributed by atoms with Crippen molar-refractivity contribution in [3.05, 3.63) is 116 Å². The fraction of sp³-hybridized carbons (Fsp3) is 0.273. The number of unbranched alkanes of at least 4 members (excludes halogenated alkanes) is 1. The third-order valence-corrected chi connectivity index (χ3v) is 6.75. The topological polar surface area (TPSA) is 149 Å². The quantitative estimate of drug-likeness (QED) is 0.165. The number of aromatic nitrogens is 3. The molecule has 0 bridgehead atoms. The summed E-state index contributed by atoms with van der Waals surface area (Å²) >= 11 is 0. The van der Waals surface area contributed by atoms with Gasteiger partial charge in [-0.2, -0.15) is 0 Å². The van der Waals surface area contributed by atoms with Crippen LogP contribution in [0.4, 0.5) is 0 Å². The number of benzene rings is 2. The highest BCUT2D eigenvalue weighted by molar-refractivity contribution is 6.10. The van der Waals surface area contributed by atoms with Crippen molar-refractivity contribution < 1.29 is 23.9 Å². The van der Waals surface area contributed by atoms with Crippen LogP contribution in [-0.4, -0.2) is 51.5 Å². The van der Waals surface area contributed by atoms with Gasteiger partial charge in [-0.25, -0.2) is 9.78 Å². The van der Waals surface area contributed by atoms with Gasteiger partial charge in [-0.15, -0.1) is 0 Å². The number of ether oxygens (including phenoxy) is 2. The van der Waals surface area contributed by atoms with E-state index in [1.165, 1.54) is 12.3 Å². The van der Waals surface area contributed by atoms with Crippen LogP contribution < -0.4 is 21.0 Å². The highest BCUT2D eigenvalue weighted by Gasteiger charge is 2.23. The largest absolute Gasteiger partial charge is 0.473 e. The molecule has 2 heterocycles. The Balaban J connectivity index is 1.56. The third kappa shape index (κ3) is 7.74. The predicted molar refractivity (Wildman–Crippen MR) is 164 cm³/mol. The Hall–Kier alpha value is -5.32. The normalized spacial score (nSPS) is 11.4. The number of aromatic amines is 1. The van der Waals surface area contributed by atoms with E-state index in [1.54, 1.807) is 67.6 Å². The van der Waals surface area contributed by atoms with E-state index in [-0.39, 0.29) is 36.0 Å². The molecular formula is C33H34N4O7. The molecule has 4 aromatic rings. The lowest BCUT2D eigenvalue weighted by Crippen LogP contribution is -2.40. The maximum atomic E-state index is 13.3. The van der Waals surface area contributed by atoms with Gasteiger partial charge in [0.1, 0.15) is 29.6 Å². The minimum absolute atomic E-state index is 0.00984. The Morgan fingerprint density at radius 2 is 1.68 bits per heavy atom. The van der Waals surface area contributed by atoms with E-state index in [1.807, 2.05) is 6.92 Å². The lowest BCUT2D eigenvalue weighted by Gasteiger charge is -2.21. The van der Waals surface area contributed by atoms with Crippen molar-refractivity contribution >= 4 is 17.7 Å². The molecular weight excluding hydrogens is 564 g/mol. The van der Waals surface area contributed by atoms with Crippen LogP contribution >= 0.6 is 0 Å². The average Bonchev–Trinajstić information content (AvgIpc) is 3.04. The first-order chi connectivity index (χ1) is 21.3. The molecule has 44 heavy (non-hydrogen) atoms. The summed E-state index contributed by atoms with van der Waals surface area (Å²) in [4.78, 5) is 72.1. The van der Waals surface area contributed by atoms with Crippen LogP contribution in [-0.2, 0) is 16.1 Å². The van der Waals surface area contributed by atoms with Crippen molar-refractivity contribution in [1.82, 2.24) is 19.9 Å². The number of carbonyl (C=O) groups excluding carboxylic acids is 3. The van der Waals surface area contributed by atoms with Crippen LogP contribution in [0.1, 0.15) is 59.4 Å². The van der Waals surface area contributed by atoms with Crippen LogP contribution in [0.15, 0.2) is 88.7 Å². The number of hydrogen-bond donors (Lipinski definition) is 2. The van der Waals surface area contributed by atoms with E-state index in [2.05, 4.69) is 15.3 Å². The van der Waals surface area contributed by atoms with E-state index in [0.717, 1.165) is 23.6 Å². The van der Waals surface area contributed by atoms with Crippen molar-refractivity contribution in [2.45, 2.75) is 45.8 Å². The zero-order valence-electron chi connectivity index (χ0n) is 24.6. The molecule has 0 saturated heterocycles. The van der Waals surface area contributed by atoms with Crippen molar-refractivity contribution in [3.63, 3.8) is 0 Å². The molecule has 0 aliphatic rings. The molecule has 0 aliphatic heterocycles. The van der Waals surface area contributed by atoms with Gasteiger partial charge in [0.05, 0.1) is 13.2 Å². The maximum absolute atomic E-state index is 13.3. The van der Waals surface area contributed by atoms with Gasteiger partial charge in [-0.3, -0.25) is 23.7 Å². The molecule has 2 N–H and O–H groups in total. The number of hydrogen-bond acceptors (Lipinski definition) is 8. The van der Waals surface area contributed by atoms with Gasteiger partial charge in [0.25, 0.3) is 5.56 Å². The molecule has 1 amide bonds. The SMILES string of the molecule is CCCCC(CNC(=O)Cn1c(-c2ccccc2)ncc(C(=O)OCC)c1=O)Oc1[nH]ccc(=O)c1C(=O)c1ccccc1. The van der Waals surface area contributed by atoms with Crippen LogP contribution in [0.3, 0.4) is 0 Å². The summed E-state index contributed by atoms with van der Waals surface area (Å²) in [5, 5.41) is 2.79. The Bertz CT molecular complexity index is 1720. The van der Waals surface area contributed by atoms with Crippen molar-refractivity contribution in [2.24, 2.45) is 0 Å². The molecule has 0 aliphatic carbocycles. The monoisotopic (exact) mass is 598 g/mol. The van der Waals surface area contributed by atoms with Crippen LogP contribution in [0.25, 0.3) is 11.4 Å². The zero-order chi connectivity index (χ0) is 31.5. The zero-order valence-corrected chi connectivity index (χ0v) is 24.6. The van der Waals surface area contributed by atoms with Crippen molar-refractivity contribution in [2.75, 3.05) is 13.2 Å². The Labute approximate surface area is 253 Å². The van der Waals surface area contributed by atoms with Crippen molar-refractivity contribution in [1.29, 1.82) is 0 Å². The first-order valence-corrected chi connectivity index (χ1v) is 14.4. The van der Waals surface area contributed by atoms with Gasteiger partial charge < -0.3 is 19.8 Å². The summed E-state index contributed by atoms with van der Waals surface area (Å²) in [7, 11) is 0. The molecule has 1 atom stereocenters. The third-order valence-electron chi connectivity index (χ3n) is 6.75. The van der Waals surface area contributed by atoms with Gasteiger partial charge >= 0.3 is 5.97 Å². The maximum Gasteiger partial charge on any atom is 0.345 e. The Kier molecular flexibility index (Phi) is 10.9. The molecule has 0 spiro atoms. The summed E-state index contributed by atoms with van der Waals surface area (Å²) < 4.78 is 12.3. The number of rotatable bonds is 14. The van der Waals surface area contributed by atoms with E-state index in [0.29, 0.717) is 17.5 Å². The molecule has 0 fully saturated rings. The molecule has 11 nitrogen and oxygen atoms in total. The summed E-state index contributed by atoms with van der Waals surface area (Å²) in [6.07, 6.45) is 4.06. The molecule has 0 radical (unpaired) electrons. The molecule has 2 aromatic carbocycles. The second-order valence-corrected chi connectivity index (χ2v) is 9.90. The lowest BCUT2D eigenvalue weighted by atomic mass is 10.0. The van der Waals surface area contributed by atoms with Crippen molar-refractivity contribution in [3.8, 4) is 17.3 Å². The van der Waals surface area contributed by atoms with E-state index < -0.39 is 41.3 Å². The number of esters is 1. The molecule has 4 rings (SSSR count). The Morgan fingerprint density at radius 3 is 2.36 bits per heavy atom. The molecule has 228 valence electrons. The standard InChI is InChI=1S/C33H34N4O7/c1-3-5-16-24(44-31-28(26(38)17-18-34-31)29(40)22-12-8-6-9-13-22)19-35-27(39)21-37-30(23-14-10-7-11-15-23)36-20-25(32(37)41)33(42)43-4-2/h6-15,17-18,20,24H,3-5,16,19,21H2,1-2H3,(H,34,38)(H,35,39). The van der Waals surface area contributed by atoms with E-state index >= 15 is 0 Å². The van der Waals surface area contributed by atoms with Crippen LogP contribution in [0.2, 0.25) is 0 Å². The summed E-state index contributed by atoms with van der Waals surface area (Å²) in [5.41, 5.74) is -0.698. The average molecular weight is 599 g/mol. The van der Waals surface area contributed by atoms with Gasteiger partial charge in [0.2, 0.25) is 17.6 Å². The predicted octanol–water partition coefficient (Wildman–Crippen LogP) is 3.76. The highest BCUT2D eigenvalue weighted by atomic mass is 16.5. The number of H-pyrrole nitrogens is 1. The van der Waals surface area contributed by atoms with Gasteiger partial charge in [-0.1, -0.05) is 74.0 Å². The highest BCUT2D eigenvalue weighted by Crippen LogP contribution is 2.19. The molecule has 0 saturated carbocycles. The second-order valence-electron chi connectivity index (χ2n) is 9.90. The van der Waals surface area contributed by atoms with Gasteiger partial charge in [-0.05, 0) is 19.8 Å². The fourth-order valence-electron chi connectivity index (χ4n) is 4.54. The summed E-state index contributed by atoms with van der Waals surface area (Å²) in [6, 6.07) is 18.5. The summed E-state index contributed by atoms with van der Waals surface area (Å²) in [6.45, 7) is 3.30. The first kappa shape index (κ1) is 31.6. The van der Waals surface area contributed by atoms with Crippen LogP contribution in [0, 0.1) is 0 Å². The van der Waals surface area contributed by atoms with Gasteiger partial charge in [0.15, 0.2) is 5.43 Å². The number of nitrogens with one attached hydrogen (secondary N) is 2. The molecule has 2 aromatic heterocycles. The number of carbonyl (C=O) groups is 3.